The van der Waals surface area contributed by atoms with Crippen LogP contribution in [0.4, 0.5) is 11.5 Å². The van der Waals surface area contributed by atoms with Crippen LogP contribution >= 0.6 is 0 Å². The average molecular weight is 382 g/mol. The first-order valence-electron chi connectivity index (χ1n) is 9.75. The molecule has 2 N–H and O–H groups in total. The molecule has 0 radical (unpaired) electrons. The summed E-state index contributed by atoms with van der Waals surface area (Å²) >= 11 is 0. The van der Waals surface area contributed by atoms with Crippen molar-refractivity contribution in [3.8, 4) is 0 Å². The smallest absolute Gasteiger partial charge is 0.308 e. The monoisotopic (exact) mass is 382 g/mol. The molecule has 0 bridgehead atoms. The molecule has 1 amide bonds. The van der Waals surface area contributed by atoms with Crippen molar-refractivity contribution in [1.82, 2.24) is 9.97 Å². The van der Waals surface area contributed by atoms with Gasteiger partial charge in [0.25, 0.3) is 0 Å². The fraction of sp³-hybridized carbons (Fsp3) is 0.429. The molecule has 28 heavy (non-hydrogen) atoms. The number of carboxylic acids is 1. The third-order valence-electron chi connectivity index (χ3n) is 4.72. The Balaban J connectivity index is 1.73. The number of carbonyl (C=O) groups excluding carboxylic acids is 1. The van der Waals surface area contributed by atoms with Crippen LogP contribution in [0.25, 0.3) is 0 Å². The van der Waals surface area contributed by atoms with Gasteiger partial charge in [-0.05, 0) is 37.0 Å². The molecule has 0 spiro atoms. The Kier molecular flexibility index (Phi) is 6.57. The maximum absolute atomic E-state index is 11.7. The molecule has 1 aromatic heterocycles. The molecule has 7 nitrogen and oxygen atoms in total. The van der Waals surface area contributed by atoms with Gasteiger partial charge in [0.1, 0.15) is 11.6 Å². The Morgan fingerprint density at radius 3 is 2.54 bits per heavy atom. The van der Waals surface area contributed by atoms with Gasteiger partial charge in [-0.15, -0.1) is 0 Å². The fourth-order valence-electron chi connectivity index (χ4n) is 3.35. The first-order valence-corrected chi connectivity index (χ1v) is 9.75. The summed E-state index contributed by atoms with van der Waals surface area (Å²) in [6, 6.07) is 7.66. The number of aliphatic carboxylic acids is 1. The van der Waals surface area contributed by atoms with Crippen LogP contribution in [0.5, 0.6) is 0 Å². The second-order valence-corrected chi connectivity index (χ2v) is 7.07. The van der Waals surface area contributed by atoms with E-state index in [4.69, 9.17) is 5.11 Å². The van der Waals surface area contributed by atoms with Gasteiger partial charge in [-0.3, -0.25) is 9.59 Å². The SMILES string of the molecule is CCCC(=O)Nc1ccc(Cc2ncc(CC(=O)O)c(N3CCCC3)n2)cc1. The summed E-state index contributed by atoms with van der Waals surface area (Å²) in [6.07, 6.45) is 5.64. The third-order valence-corrected chi connectivity index (χ3v) is 4.72. The van der Waals surface area contributed by atoms with E-state index in [1.165, 1.54) is 0 Å². The van der Waals surface area contributed by atoms with Crippen molar-refractivity contribution < 1.29 is 14.7 Å². The van der Waals surface area contributed by atoms with Gasteiger partial charge in [-0.1, -0.05) is 19.1 Å². The van der Waals surface area contributed by atoms with Crippen LogP contribution in [0.2, 0.25) is 0 Å². The van der Waals surface area contributed by atoms with Gasteiger partial charge in [0.2, 0.25) is 5.91 Å². The molecular weight excluding hydrogens is 356 g/mol. The zero-order valence-electron chi connectivity index (χ0n) is 16.1. The molecule has 1 aliphatic rings. The molecule has 2 heterocycles. The lowest BCUT2D eigenvalue weighted by Gasteiger charge is -2.20. The molecule has 2 aromatic rings. The van der Waals surface area contributed by atoms with Crippen molar-refractivity contribution in [2.24, 2.45) is 0 Å². The summed E-state index contributed by atoms with van der Waals surface area (Å²) in [5.41, 5.74) is 2.47. The van der Waals surface area contributed by atoms with Crippen molar-refractivity contribution in [1.29, 1.82) is 0 Å². The summed E-state index contributed by atoms with van der Waals surface area (Å²) in [4.78, 5) is 34.1. The summed E-state index contributed by atoms with van der Waals surface area (Å²) in [5, 5.41) is 12.0. The summed E-state index contributed by atoms with van der Waals surface area (Å²) in [5.74, 6) is 0.549. The molecule has 0 aliphatic carbocycles. The van der Waals surface area contributed by atoms with E-state index in [1.807, 2.05) is 31.2 Å². The van der Waals surface area contributed by atoms with E-state index in [2.05, 4.69) is 20.2 Å². The number of hydrogen-bond donors (Lipinski definition) is 2. The lowest BCUT2D eigenvalue weighted by atomic mass is 10.1. The van der Waals surface area contributed by atoms with Crippen molar-refractivity contribution >= 4 is 23.4 Å². The number of aromatic nitrogens is 2. The number of nitrogens with one attached hydrogen (secondary N) is 1. The van der Waals surface area contributed by atoms with E-state index in [0.29, 0.717) is 24.2 Å². The highest BCUT2D eigenvalue weighted by Crippen LogP contribution is 2.23. The minimum atomic E-state index is -0.877. The van der Waals surface area contributed by atoms with Gasteiger partial charge in [0, 0.05) is 43.4 Å². The molecule has 1 fully saturated rings. The summed E-state index contributed by atoms with van der Waals surface area (Å²) in [6.45, 7) is 3.77. The van der Waals surface area contributed by atoms with Crippen LogP contribution in [0, 0.1) is 0 Å². The maximum Gasteiger partial charge on any atom is 0.308 e. The normalized spacial score (nSPS) is 13.5. The van der Waals surface area contributed by atoms with Gasteiger partial charge in [-0.2, -0.15) is 0 Å². The van der Waals surface area contributed by atoms with E-state index in [0.717, 1.165) is 49.4 Å². The number of anilines is 2. The number of nitrogens with zero attached hydrogens (tertiary/aromatic N) is 3. The van der Waals surface area contributed by atoms with Crippen LogP contribution in [0.3, 0.4) is 0 Å². The zero-order valence-corrected chi connectivity index (χ0v) is 16.1. The van der Waals surface area contributed by atoms with E-state index < -0.39 is 5.97 Å². The van der Waals surface area contributed by atoms with Crippen LogP contribution in [-0.2, 0) is 22.4 Å². The lowest BCUT2D eigenvalue weighted by molar-refractivity contribution is -0.136. The average Bonchev–Trinajstić information content (AvgIpc) is 3.19. The number of amides is 1. The number of rotatable bonds is 8. The molecule has 1 aliphatic heterocycles. The zero-order chi connectivity index (χ0) is 19.9. The number of benzene rings is 1. The third kappa shape index (κ3) is 5.28. The van der Waals surface area contributed by atoms with Gasteiger partial charge in [-0.25, -0.2) is 9.97 Å². The van der Waals surface area contributed by atoms with Crippen molar-refractivity contribution in [3.05, 3.63) is 47.4 Å². The minimum absolute atomic E-state index is 0.0165. The Hall–Kier alpha value is -2.96. The van der Waals surface area contributed by atoms with Gasteiger partial charge < -0.3 is 15.3 Å². The summed E-state index contributed by atoms with van der Waals surface area (Å²) in [7, 11) is 0. The fourth-order valence-corrected chi connectivity index (χ4v) is 3.35. The van der Waals surface area contributed by atoms with Crippen LogP contribution < -0.4 is 10.2 Å². The Labute approximate surface area is 164 Å². The first-order chi connectivity index (χ1) is 13.5. The molecule has 1 saturated heterocycles. The molecule has 1 aromatic carbocycles. The van der Waals surface area contributed by atoms with Gasteiger partial charge >= 0.3 is 5.97 Å². The Morgan fingerprint density at radius 2 is 1.89 bits per heavy atom. The van der Waals surface area contributed by atoms with E-state index in [-0.39, 0.29) is 12.3 Å². The maximum atomic E-state index is 11.7. The molecule has 0 saturated carbocycles. The quantitative estimate of drug-likeness (QED) is 0.729. The predicted octanol–water partition coefficient (Wildman–Crippen LogP) is 3.03. The van der Waals surface area contributed by atoms with Crippen molar-refractivity contribution in [2.45, 2.75) is 45.4 Å². The topological polar surface area (TPSA) is 95.4 Å². The molecular formula is C21H26N4O3. The van der Waals surface area contributed by atoms with E-state index >= 15 is 0 Å². The van der Waals surface area contributed by atoms with Crippen molar-refractivity contribution in [2.75, 3.05) is 23.3 Å². The molecule has 0 unspecified atom stereocenters. The Bertz CT molecular complexity index is 830. The largest absolute Gasteiger partial charge is 0.481 e. The standard InChI is InChI=1S/C21H26N4O3/c1-2-5-19(26)23-17-8-6-15(7-9-17)12-18-22-14-16(13-20(27)28)21(24-18)25-10-3-4-11-25/h6-9,14H,2-5,10-13H2,1H3,(H,23,26)(H,27,28). The second kappa shape index (κ2) is 9.30. The van der Waals surface area contributed by atoms with Gasteiger partial charge in [0.05, 0.1) is 6.42 Å². The first kappa shape index (κ1) is 19.8. The van der Waals surface area contributed by atoms with E-state index in [1.54, 1.807) is 6.20 Å². The van der Waals surface area contributed by atoms with Crippen LogP contribution in [0.1, 0.15) is 49.6 Å². The Morgan fingerprint density at radius 1 is 1.18 bits per heavy atom. The van der Waals surface area contributed by atoms with E-state index in [9.17, 15) is 9.59 Å². The van der Waals surface area contributed by atoms with Crippen molar-refractivity contribution in [3.63, 3.8) is 0 Å². The van der Waals surface area contributed by atoms with Gasteiger partial charge in [0.15, 0.2) is 0 Å². The highest BCUT2D eigenvalue weighted by atomic mass is 16.4. The highest BCUT2D eigenvalue weighted by molar-refractivity contribution is 5.90. The van der Waals surface area contributed by atoms with Crippen LogP contribution in [0.15, 0.2) is 30.5 Å². The number of hydrogen-bond acceptors (Lipinski definition) is 5. The number of carbonyl (C=O) groups is 2. The second-order valence-electron chi connectivity index (χ2n) is 7.07. The lowest BCUT2D eigenvalue weighted by Crippen LogP contribution is -2.22. The number of carboxylic acid groups (broad SMARTS) is 1. The summed E-state index contributed by atoms with van der Waals surface area (Å²) < 4.78 is 0. The molecule has 7 heteroatoms. The minimum Gasteiger partial charge on any atom is -0.481 e. The molecule has 148 valence electrons. The molecule has 0 atom stereocenters. The predicted molar refractivity (Wildman–Crippen MR) is 108 cm³/mol. The highest BCUT2D eigenvalue weighted by Gasteiger charge is 2.20. The van der Waals surface area contributed by atoms with Crippen LogP contribution in [-0.4, -0.2) is 40.0 Å². The molecule has 3 rings (SSSR count).